The summed E-state index contributed by atoms with van der Waals surface area (Å²) in [6.07, 6.45) is 3.07. The van der Waals surface area contributed by atoms with Crippen LogP contribution in [-0.2, 0) is 0 Å². The number of hydrogen-bond acceptors (Lipinski definition) is 3. The van der Waals surface area contributed by atoms with Crippen LogP contribution in [0.5, 0.6) is 5.88 Å². The number of rotatable bonds is 6. The molecule has 1 aromatic carbocycles. The Morgan fingerprint density at radius 1 is 1.32 bits per heavy atom. The van der Waals surface area contributed by atoms with E-state index in [0.29, 0.717) is 6.61 Å². The quantitative estimate of drug-likeness (QED) is 0.806. The molecule has 0 saturated heterocycles. The SMILES string of the molecule is CCCCCOc1nc2ccccc2cc1C(=O)O. The van der Waals surface area contributed by atoms with E-state index in [1.165, 1.54) is 0 Å². The highest BCUT2D eigenvalue weighted by Gasteiger charge is 2.14. The van der Waals surface area contributed by atoms with E-state index in [1.54, 1.807) is 6.07 Å². The van der Waals surface area contributed by atoms with Crippen LogP contribution < -0.4 is 4.74 Å². The lowest BCUT2D eigenvalue weighted by molar-refractivity contribution is 0.0691. The first kappa shape index (κ1) is 13.3. The Hall–Kier alpha value is -2.10. The predicted octanol–water partition coefficient (Wildman–Crippen LogP) is 3.50. The molecule has 2 rings (SSSR count). The maximum absolute atomic E-state index is 11.2. The molecule has 0 saturated carbocycles. The summed E-state index contributed by atoms with van der Waals surface area (Å²) in [4.78, 5) is 15.5. The number of aromatic carboxylic acids is 1. The van der Waals surface area contributed by atoms with Gasteiger partial charge in [-0.25, -0.2) is 9.78 Å². The largest absolute Gasteiger partial charge is 0.477 e. The highest BCUT2D eigenvalue weighted by atomic mass is 16.5. The number of ether oxygens (including phenoxy) is 1. The van der Waals surface area contributed by atoms with Gasteiger partial charge in [0, 0.05) is 5.39 Å². The summed E-state index contributed by atoms with van der Waals surface area (Å²) in [5.41, 5.74) is 0.869. The number of benzene rings is 1. The molecule has 0 aliphatic rings. The second-order valence-corrected chi connectivity index (χ2v) is 4.39. The number of fused-ring (bicyclic) bond motifs is 1. The van der Waals surface area contributed by atoms with E-state index in [2.05, 4.69) is 11.9 Å². The van der Waals surface area contributed by atoms with Crippen molar-refractivity contribution in [1.29, 1.82) is 0 Å². The van der Waals surface area contributed by atoms with E-state index in [-0.39, 0.29) is 11.4 Å². The number of carbonyl (C=O) groups is 1. The average Bonchev–Trinajstić information content (AvgIpc) is 2.42. The molecule has 0 fully saturated rings. The lowest BCUT2D eigenvalue weighted by Crippen LogP contribution is -2.06. The molecule has 0 unspecified atom stereocenters. The van der Waals surface area contributed by atoms with E-state index in [4.69, 9.17) is 4.74 Å². The van der Waals surface area contributed by atoms with Gasteiger partial charge in [-0.2, -0.15) is 0 Å². The molecule has 0 spiro atoms. The lowest BCUT2D eigenvalue weighted by atomic mass is 10.1. The fourth-order valence-electron chi connectivity index (χ4n) is 1.88. The number of hydrogen-bond donors (Lipinski definition) is 1. The van der Waals surface area contributed by atoms with E-state index in [0.717, 1.165) is 30.2 Å². The number of carboxylic acids is 1. The fraction of sp³-hybridized carbons (Fsp3) is 0.333. The third-order valence-electron chi connectivity index (χ3n) is 2.91. The van der Waals surface area contributed by atoms with Crippen molar-refractivity contribution in [2.24, 2.45) is 0 Å². The van der Waals surface area contributed by atoms with Crippen LogP contribution in [0.3, 0.4) is 0 Å². The van der Waals surface area contributed by atoms with Gasteiger partial charge in [0.15, 0.2) is 0 Å². The van der Waals surface area contributed by atoms with E-state index < -0.39 is 5.97 Å². The summed E-state index contributed by atoms with van der Waals surface area (Å²) in [6.45, 7) is 2.61. The van der Waals surface area contributed by atoms with Crippen LogP contribution in [0.25, 0.3) is 10.9 Å². The van der Waals surface area contributed by atoms with Crippen LogP contribution >= 0.6 is 0 Å². The molecule has 100 valence electrons. The summed E-state index contributed by atoms with van der Waals surface area (Å²) in [5, 5.41) is 10.0. The predicted molar refractivity (Wildman–Crippen MR) is 73.7 cm³/mol. The highest BCUT2D eigenvalue weighted by molar-refractivity contribution is 5.95. The summed E-state index contributed by atoms with van der Waals surface area (Å²) >= 11 is 0. The van der Waals surface area contributed by atoms with Crippen LogP contribution in [0, 0.1) is 0 Å². The lowest BCUT2D eigenvalue weighted by Gasteiger charge is -2.09. The van der Waals surface area contributed by atoms with E-state index >= 15 is 0 Å². The monoisotopic (exact) mass is 259 g/mol. The maximum atomic E-state index is 11.2. The Morgan fingerprint density at radius 3 is 2.84 bits per heavy atom. The van der Waals surface area contributed by atoms with Crippen molar-refractivity contribution in [2.75, 3.05) is 6.61 Å². The number of aromatic nitrogens is 1. The first-order valence-electron chi connectivity index (χ1n) is 6.48. The molecular formula is C15H17NO3. The fourth-order valence-corrected chi connectivity index (χ4v) is 1.88. The normalized spacial score (nSPS) is 10.6. The van der Waals surface area contributed by atoms with Gasteiger partial charge in [0.25, 0.3) is 0 Å². The van der Waals surface area contributed by atoms with Gasteiger partial charge in [-0.05, 0) is 18.6 Å². The van der Waals surface area contributed by atoms with Crippen molar-refractivity contribution >= 4 is 16.9 Å². The van der Waals surface area contributed by atoms with E-state index in [9.17, 15) is 9.90 Å². The number of para-hydroxylation sites is 1. The van der Waals surface area contributed by atoms with Gasteiger partial charge < -0.3 is 9.84 Å². The van der Waals surface area contributed by atoms with Crippen molar-refractivity contribution in [3.63, 3.8) is 0 Å². The average molecular weight is 259 g/mol. The van der Waals surface area contributed by atoms with E-state index in [1.807, 2.05) is 24.3 Å². The molecule has 2 aromatic rings. The van der Waals surface area contributed by atoms with Gasteiger partial charge in [0.2, 0.25) is 5.88 Å². The smallest absolute Gasteiger partial charge is 0.341 e. The van der Waals surface area contributed by atoms with Gasteiger partial charge in [-0.3, -0.25) is 0 Å². The molecule has 1 heterocycles. The van der Waals surface area contributed by atoms with Gasteiger partial charge in [0.1, 0.15) is 5.56 Å². The molecule has 0 aliphatic carbocycles. The number of pyridine rings is 1. The molecule has 0 aliphatic heterocycles. The molecule has 0 radical (unpaired) electrons. The Balaban J connectivity index is 2.28. The number of nitrogens with zero attached hydrogens (tertiary/aromatic N) is 1. The molecular weight excluding hydrogens is 242 g/mol. The van der Waals surface area contributed by atoms with Crippen LogP contribution in [0.2, 0.25) is 0 Å². The molecule has 19 heavy (non-hydrogen) atoms. The van der Waals surface area contributed by atoms with Crippen LogP contribution in [0.4, 0.5) is 0 Å². The number of unbranched alkanes of at least 4 members (excludes halogenated alkanes) is 2. The molecule has 4 nitrogen and oxygen atoms in total. The topological polar surface area (TPSA) is 59.4 Å². The van der Waals surface area contributed by atoms with Gasteiger partial charge >= 0.3 is 5.97 Å². The Kier molecular flexibility index (Phi) is 4.34. The maximum Gasteiger partial charge on any atom is 0.341 e. The minimum atomic E-state index is -1.01. The third-order valence-corrected chi connectivity index (χ3v) is 2.91. The first-order valence-corrected chi connectivity index (χ1v) is 6.48. The van der Waals surface area contributed by atoms with Crippen LogP contribution in [0.15, 0.2) is 30.3 Å². The summed E-state index contributed by atoms with van der Waals surface area (Å²) < 4.78 is 5.52. The Bertz CT molecular complexity index is 581. The van der Waals surface area contributed by atoms with Crippen molar-refractivity contribution in [2.45, 2.75) is 26.2 Å². The van der Waals surface area contributed by atoms with Crippen molar-refractivity contribution in [3.05, 3.63) is 35.9 Å². The molecule has 1 N–H and O–H groups in total. The standard InChI is InChI=1S/C15H17NO3/c1-2-3-6-9-19-14-12(15(17)18)10-11-7-4-5-8-13(11)16-14/h4-5,7-8,10H,2-3,6,9H2,1H3,(H,17,18). The third kappa shape index (κ3) is 3.22. The second kappa shape index (κ2) is 6.18. The minimum absolute atomic E-state index is 0.121. The molecule has 1 aromatic heterocycles. The Labute approximate surface area is 112 Å². The van der Waals surface area contributed by atoms with Gasteiger partial charge in [-0.1, -0.05) is 38.0 Å². The number of carboxylic acid groups (broad SMARTS) is 1. The van der Waals surface area contributed by atoms with Crippen molar-refractivity contribution in [1.82, 2.24) is 4.98 Å². The summed E-state index contributed by atoms with van der Waals surface area (Å²) in [5.74, 6) is -0.800. The molecule has 0 atom stereocenters. The van der Waals surface area contributed by atoms with Gasteiger partial charge in [0.05, 0.1) is 12.1 Å². The first-order chi connectivity index (χ1) is 9.22. The summed E-state index contributed by atoms with van der Waals surface area (Å²) in [7, 11) is 0. The second-order valence-electron chi connectivity index (χ2n) is 4.39. The van der Waals surface area contributed by atoms with Crippen LogP contribution in [0.1, 0.15) is 36.5 Å². The van der Waals surface area contributed by atoms with Crippen LogP contribution in [-0.4, -0.2) is 22.7 Å². The molecule has 0 bridgehead atoms. The van der Waals surface area contributed by atoms with Gasteiger partial charge in [-0.15, -0.1) is 0 Å². The zero-order valence-corrected chi connectivity index (χ0v) is 10.9. The van der Waals surface area contributed by atoms with Crippen molar-refractivity contribution < 1.29 is 14.6 Å². The zero-order chi connectivity index (χ0) is 13.7. The highest BCUT2D eigenvalue weighted by Crippen LogP contribution is 2.22. The molecule has 4 heteroatoms. The van der Waals surface area contributed by atoms with Crippen molar-refractivity contribution in [3.8, 4) is 5.88 Å². The Morgan fingerprint density at radius 2 is 2.11 bits per heavy atom. The summed E-state index contributed by atoms with van der Waals surface area (Å²) in [6, 6.07) is 9.03. The molecule has 0 amide bonds. The minimum Gasteiger partial charge on any atom is -0.477 e. The zero-order valence-electron chi connectivity index (χ0n) is 10.9.